The second kappa shape index (κ2) is 5.63. The van der Waals surface area contributed by atoms with E-state index in [0.29, 0.717) is 22.2 Å². The maximum atomic E-state index is 11.2. The summed E-state index contributed by atoms with van der Waals surface area (Å²) in [6, 6.07) is 7.46. The van der Waals surface area contributed by atoms with Gasteiger partial charge in [0.1, 0.15) is 11.8 Å². The molecule has 2 aromatic rings. The first-order valence-corrected chi connectivity index (χ1v) is 6.45. The van der Waals surface area contributed by atoms with Crippen molar-refractivity contribution in [1.29, 1.82) is 5.26 Å². The molecule has 19 heavy (non-hydrogen) atoms. The van der Waals surface area contributed by atoms with Gasteiger partial charge in [0, 0.05) is 12.8 Å². The van der Waals surface area contributed by atoms with Crippen molar-refractivity contribution in [3.8, 4) is 11.8 Å². The molecule has 1 aromatic heterocycles. The Morgan fingerprint density at radius 1 is 1.58 bits per heavy atom. The molecule has 0 radical (unpaired) electrons. The Balaban J connectivity index is 2.14. The molecule has 0 atom stereocenters. The van der Waals surface area contributed by atoms with Crippen LogP contribution >= 0.6 is 11.8 Å². The summed E-state index contributed by atoms with van der Waals surface area (Å²) in [5.41, 5.74) is 1.26. The second-order valence-corrected chi connectivity index (χ2v) is 4.75. The highest BCUT2D eigenvalue weighted by Crippen LogP contribution is 2.24. The Hall–Kier alpha value is -2.20. The van der Waals surface area contributed by atoms with Crippen LogP contribution in [0.15, 0.2) is 28.2 Å². The van der Waals surface area contributed by atoms with Crippen molar-refractivity contribution >= 4 is 11.8 Å². The summed E-state index contributed by atoms with van der Waals surface area (Å²) in [7, 11) is 3.19. The molecule has 0 amide bonds. The van der Waals surface area contributed by atoms with Crippen LogP contribution in [0, 0.1) is 11.3 Å². The van der Waals surface area contributed by atoms with Gasteiger partial charge in [-0.3, -0.25) is 4.57 Å². The van der Waals surface area contributed by atoms with Crippen LogP contribution in [0.2, 0.25) is 0 Å². The zero-order chi connectivity index (χ0) is 13.8. The number of hydrogen-bond donors (Lipinski definition) is 1. The van der Waals surface area contributed by atoms with E-state index in [-0.39, 0.29) is 5.69 Å². The Morgan fingerprint density at radius 2 is 2.37 bits per heavy atom. The molecule has 0 aliphatic heterocycles. The molecule has 0 fully saturated rings. The van der Waals surface area contributed by atoms with E-state index in [1.54, 1.807) is 13.1 Å². The molecule has 0 saturated heterocycles. The monoisotopic (exact) mass is 276 g/mol. The van der Waals surface area contributed by atoms with Gasteiger partial charge in [0.25, 0.3) is 0 Å². The van der Waals surface area contributed by atoms with Crippen LogP contribution in [0.4, 0.5) is 0 Å². The third-order valence-corrected chi connectivity index (χ3v) is 3.69. The molecule has 1 heterocycles. The smallest absolute Gasteiger partial charge is 0.343 e. The fourth-order valence-electron chi connectivity index (χ4n) is 1.53. The first-order valence-electron chi connectivity index (χ1n) is 5.47. The van der Waals surface area contributed by atoms with Gasteiger partial charge in [-0.2, -0.15) is 5.26 Å². The number of nitriles is 1. The molecule has 1 N–H and O–H groups in total. The van der Waals surface area contributed by atoms with Gasteiger partial charge < -0.3 is 4.74 Å². The number of nitrogens with one attached hydrogen (secondary N) is 1. The summed E-state index contributed by atoms with van der Waals surface area (Å²) >= 11 is 1.44. The lowest BCUT2D eigenvalue weighted by Gasteiger charge is -2.05. The number of aromatic nitrogens is 3. The summed E-state index contributed by atoms with van der Waals surface area (Å²) in [4.78, 5) is 11.2. The highest BCUT2D eigenvalue weighted by molar-refractivity contribution is 7.98. The number of ether oxygens (including phenoxy) is 1. The second-order valence-electron chi connectivity index (χ2n) is 3.81. The van der Waals surface area contributed by atoms with Crippen molar-refractivity contribution in [1.82, 2.24) is 14.8 Å². The predicted octanol–water partition coefficient (Wildman–Crippen LogP) is 1.28. The molecule has 0 aliphatic rings. The number of methoxy groups -OCH3 is 1. The highest BCUT2D eigenvalue weighted by atomic mass is 32.2. The largest absolute Gasteiger partial charge is 0.495 e. The number of nitrogens with zero attached hydrogens (tertiary/aromatic N) is 3. The van der Waals surface area contributed by atoms with E-state index in [4.69, 9.17) is 10.00 Å². The van der Waals surface area contributed by atoms with Gasteiger partial charge in [0.15, 0.2) is 5.16 Å². The normalized spacial score (nSPS) is 10.2. The number of hydrogen-bond acceptors (Lipinski definition) is 5. The van der Waals surface area contributed by atoms with E-state index in [9.17, 15) is 4.79 Å². The Bertz CT molecular complexity index is 684. The molecule has 0 spiro atoms. The average molecular weight is 276 g/mol. The zero-order valence-corrected chi connectivity index (χ0v) is 11.3. The van der Waals surface area contributed by atoms with Gasteiger partial charge >= 0.3 is 5.69 Å². The maximum absolute atomic E-state index is 11.2. The molecule has 0 aliphatic carbocycles. The van der Waals surface area contributed by atoms with E-state index in [1.807, 2.05) is 12.1 Å². The molecule has 0 saturated carbocycles. The molecule has 6 nitrogen and oxygen atoms in total. The lowest BCUT2D eigenvalue weighted by molar-refractivity contribution is 0.413. The Kier molecular flexibility index (Phi) is 3.92. The van der Waals surface area contributed by atoms with E-state index in [1.165, 1.54) is 23.4 Å². The van der Waals surface area contributed by atoms with Crippen LogP contribution in [0.3, 0.4) is 0 Å². The van der Waals surface area contributed by atoms with Gasteiger partial charge in [-0.1, -0.05) is 17.8 Å². The summed E-state index contributed by atoms with van der Waals surface area (Å²) in [6.45, 7) is 0. The molecule has 0 unspecified atom stereocenters. The summed E-state index contributed by atoms with van der Waals surface area (Å²) in [6.07, 6.45) is 0. The van der Waals surface area contributed by atoms with Crippen LogP contribution < -0.4 is 10.4 Å². The topological polar surface area (TPSA) is 83.7 Å². The standard InChI is InChI=1S/C12H12N4O2S/c1-16-11(17)14-15-12(16)19-7-8-3-4-9(6-13)10(5-8)18-2/h3-5H,7H2,1-2H3,(H,14,17). The minimum Gasteiger partial charge on any atom is -0.495 e. The van der Waals surface area contributed by atoms with Crippen LogP contribution in [-0.4, -0.2) is 21.9 Å². The average Bonchev–Trinajstić information content (AvgIpc) is 2.76. The van der Waals surface area contributed by atoms with E-state index in [2.05, 4.69) is 16.3 Å². The fourth-order valence-corrected chi connectivity index (χ4v) is 2.39. The summed E-state index contributed by atoms with van der Waals surface area (Å²) in [5.74, 6) is 1.19. The third-order valence-electron chi connectivity index (χ3n) is 2.59. The van der Waals surface area contributed by atoms with E-state index < -0.39 is 0 Å². The van der Waals surface area contributed by atoms with Gasteiger partial charge in [-0.05, 0) is 17.7 Å². The molecule has 0 bridgehead atoms. The molecule has 1 aromatic carbocycles. The van der Waals surface area contributed by atoms with Gasteiger partial charge in [-0.25, -0.2) is 9.89 Å². The van der Waals surface area contributed by atoms with Crippen LogP contribution in [0.25, 0.3) is 0 Å². The molecule has 2 rings (SSSR count). The zero-order valence-electron chi connectivity index (χ0n) is 10.5. The van der Waals surface area contributed by atoms with E-state index in [0.717, 1.165) is 5.56 Å². The molecule has 98 valence electrons. The van der Waals surface area contributed by atoms with Crippen molar-refractivity contribution < 1.29 is 4.74 Å². The third kappa shape index (κ3) is 2.80. The Morgan fingerprint density at radius 3 is 2.95 bits per heavy atom. The molecular weight excluding hydrogens is 264 g/mol. The van der Waals surface area contributed by atoms with Crippen molar-refractivity contribution in [3.63, 3.8) is 0 Å². The first kappa shape index (κ1) is 13.2. The lowest BCUT2D eigenvalue weighted by Crippen LogP contribution is -2.12. The summed E-state index contributed by atoms with van der Waals surface area (Å²) < 4.78 is 6.60. The number of rotatable bonds is 4. The van der Waals surface area contributed by atoms with Gasteiger partial charge in [-0.15, -0.1) is 5.10 Å². The minimum atomic E-state index is -0.236. The molecular formula is C12H12N4O2S. The number of H-pyrrole nitrogens is 1. The maximum Gasteiger partial charge on any atom is 0.343 e. The number of thioether (sulfide) groups is 1. The minimum absolute atomic E-state index is 0.236. The van der Waals surface area contributed by atoms with Crippen molar-refractivity contribution in [2.45, 2.75) is 10.9 Å². The first-order chi connectivity index (χ1) is 9.15. The van der Waals surface area contributed by atoms with Gasteiger partial charge in [0.2, 0.25) is 0 Å². The van der Waals surface area contributed by atoms with Crippen molar-refractivity contribution in [3.05, 3.63) is 39.8 Å². The van der Waals surface area contributed by atoms with Crippen LogP contribution in [0.1, 0.15) is 11.1 Å². The van der Waals surface area contributed by atoms with Crippen LogP contribution in [0.5, 0.6) is 5.75 Å². The van der Waals surface area contributed by atoms with E-state index >= 15 is 0 Å². The summed E-state index contributed by atoms with van der Waals surface area (Å²) in [5, 5.41) is 15.8. The van der Waals surface area contributed by atoms with Crippen molar-refractivity contribution in [2.75, 3.05) is 7.11 Å². The number of aromatic amines is 1. The lowest BCUT2D eigenvalue weighted by atomic mass is 10.1. The van der Waals surface area contributed by atoms with Gasteiger partial charge in [0.05, 0.1) is 12.7 Å². The highest BCUT2D eigenvalue weighted by Gasteiger charge is 2.07. The SMILES string of the molecule is COc1cc(CSc2n[nH]c(=O)n2C)ccc1C#N. The van der Waals surface area contributed by atoms with Crippen molar-refractivity contribution in [2.24, 2.45) is 7.05 Å². The molecule has 7 heteroatoms. The van der Waals surface area contributed by atoms with Crippen LogP contribution in [-0.2, 0) is 12.8 Å². The Labute approximate surface area is 114 Å². The fraction of sp³-hybridized carbons (Fsp3) is 0.250. The number of benzene rings is 1. The predicted molar refractivity (Wildman–Crippen MR) is 71.1 cm³/mol. The quantitative estimate of drug-likeness (QED) is 0.850.